The highest BCUT2D eigenvalue weighted by atomic mass is 32.2. The van der Waals surface area contributed by atoms with Gasteiger partial charge in [0, 0.05) is 35.4 Å². The Bertz CT molecular complexity index is 471. The summed E-state index contributed by atoms with van der Waals surface area (Å²) < 4.78 is 0. The number of rotatable bonds is 10. The van der Waals surface area contributed by atoms with Crippen LogP contribution in [0.25, 0.3) is 10.4 Å². The number of carbonyl (C=O) groups excluding carboxylic acids is 2. The average molecular weight is 342 g/mol. The number of hydrogen-bond donors (Lipinski definition) is 3. The van der Waals surface area contributed by atoms with Crippen LogP contribution in [0.3, 0.4) is 0 Å². The number of nitrogens with one attached hydrogen (secondary N) is 3. The van der Waals surface area contributed by atoms with Gasteiger partial charge < -0.3 is 15.5 Å². The summed E-state index contributed by atoms with van der Waals surface area (Å²) in [6.45, 7) is 0.854. The molecular formula is C13H22N6O3S. The molecule has 128 valence electrons. The van der Waals surface area contributed by atoms with E-state index in [0.717, 1.165) is 25.0 Å². The molecule has 3 N–H and O–H groups in total. The molecule has 9 nitrogen and oxygen atoms in total. The number of azide groups is 1. The van der Waals surface area contributed by atoms with Crippen molar-refractivity contribution in [2.24, 2.45) is 5.11 Å². The minimum Gasteiger partial charge on any atom is -0.371 e. The van der Waals surface area contributed by atoms with Crippen LogP contribution in [0.4, 0.5) is 4.79 Å². The van der Waals surface area contributed by atoms with Crippen LogP contribution in [-0.4, -0.2) is 48.2 Å². The predicted octanol–water partition coefficient (Wildman–Crippen LogP) is 1.46. The summed E-state index contributed by atoms with van der Waals surface area (Å²) in [5, 5.41) is 9.68. The van der Waals surface area contributed by atoms with Crippen LogP contribution in [0.15, 0.2) is 5.11 Å². The first kappa shape index (κ1) is 17.7. The van der Waals surface area contributed by atoms with Gasteiger partial charge in [0.1, 0.15) is 0 Å². The second-order valence-electron chi connectivity index (χ2n) is 5.54. The number of urea groups is 1. The lowest BCUT2D eigenvalue weighted by atomic mass is 10.0. The normalized spacial score (nSPS) is 25.2. The summed E-state index contributed by atoms with van der Waals surface area (Å²) in [6, 6.07) is 0.398. The molecule has 2 aliphatic heterocycles. The van der Waals surface area contributed by atoms with Gasteiger partial charge in [-0.1, -0.05) is 11.5 Å². The minimum atomic E-state index is -0.276. The molecule has 2 heterocycles. The molecule has 2 fully saturated rings. The van der Waals surface area contributed by atoms with Crippen LogP contribution in [0, 0.1) is 0 Å². The maximum Gasteiger partial charge on any atom is 0.324 e. The lowest BCUT2D eigenvalue weighted by Crippen LogP contribution is -2.36. The van der Waals surface area contributed by atoms with Crippen LogP contribution in [0.1, 0.15) is 32.1 Å². The SMILES string of the molecule is [N-]=[N+]=NCCCNOC(=O)CCCCC1SCC2NC(=O)NC21. The van der Waals surface area contributed by atoms with Gasteiger partial charge in [0.05, 0.1) is 12.1 Å². The van der Waals surface area contributed by atoms with Gasteiger partial charge in [-0.2, -0.15) is 17.2 Å². The van der Waals surface area contributed by atoms with E-state index >= 15 is 0 Å². The van der Waals surface area contributed by atoms with Crippen LogP contribution >= 0.6 is 11.8 Å². The third-order valence-corrected chi connectivity index (χ3v) is 5.35. The molecule has 2 aliphatic rings. The van der Waals surface area contributed by atoms with E-state index in [0.29, 0.717) is 31.2 Å². The van der Waals surface area contributed by atoms with Gasteiger partial charge in [0.25, 0.3) is 0 Å². The average Bonchev–Trinajstić information content (AvgIpc) is 3.07. The zero-order chi connectivity index (χ0) is 16.5. The third kappa shape index (κ3) is 5.81. The quantitative estimate of drug-likeness (QED) is 0.138. The summed E-state index contributed by atoms with van der Waals surface area (Å²) in [7, 11) is 0. The first-order valence-corrected chi connectivity index (χ1v) is 8.87. The van der Waals surface area contributed by atoms with E-state index < -0.39 is 0 Å². The summed E-state index contributed by atoms with van der Waals surface area (Å²) in [6.07, 6.45) is 3.69. The molecular weight excluding hydrogens is 320 g/mol. The van der Waals surface area contributed by atoms with Crippen LogP contribution < -0.4 is 16.1 Å². The Labute approximate surface area is 138 Å². The first-order valence-electron chi connectivity index (χ1n) is 7.82. The highest BCUT2D eigenvalue weighted by Crippen LogP contribution is 2.33. The van der Waals surface area contributed by atoms with E-state index in [2.05, 4.69) is 26.1 Å². The molecule has 3 atom stereocenters. The maximum absolute atomic E-state index is 11.5. The second kappa shape index (κ2) is 9.49. The van der Waals surface area contributed by atoms with Gasteiger partial charge >= 0.3 is 12.0 Å². The number of hydrogen-bond acceptors (Lipinski definition) is 6. The van der Waals surface area contributed by atoms with Gasteiger partial charge in [-0.05, 0) is 24.8 Å². The van der Waals surface area contributed by atoms with Crippen molar-refractivity contribution >= 4 is 23.8 Å². The standard InChI is InChI=1S/C13H22N6O3S/c14-19-15-6-3-7-16-22-11(20)5-2-1-4-10-12-9(8-23-10)17-13(21)18-12/h9-10,12,16H,1-8H2,(H2,17,18,21). The molecule has 0 saturated carbocycles. The molecule has 0 spiro atoms. The van der Waals surface area contributed by atoms with Gasteiger partial charge in [-0.25, -0.2) is 4.79 Å². The zero-order valence-electron chi connectivity index (χ0n) is 12.9. The number of hydroxylamine groups is 1. The topological polar surface area (TPSA) is 128 Å². The fourth-order valence-electron chi connectivity index (χ4n) is 2.71. The van der Waals surface area contributed by atoms with E-state index in [4.69, 9.17) is 10.4 Å². The monoisotopic (exact) mass is 342 g/mol. The van der Waals surface area contributed by atoms with Gasteiger partial charge in [0.15, 0.2) is 0 Å². The Hall–Kier alpha value is -1.64. The molecule has 0 aromatic rings. The minimum absolute atomic E-state index is 0.0691. The number of fused-ring (bicyclic) bond motifs is 1. The van der Waals surface area contributed by atoms with Crippen molar-refractivity contribution in [2.75, 3.05) is 18.8 Å². The smallest absolute Gasteiger partial charge is 0.324 e. The summed E-state index contributed by atoms with van der Waals surface area (Å²) in [5.74, 6) is 0.678. The van der Waals surface area contributed by atoms with E-state index in [1.54, 1.807) is 0 Å². The molecule has 0 bridgehead atoms. The molecule has 3 unspecified atom stereocenters. The van der Waals surface area contributed by atoms with E-state index in [1.165, 1.54) is 0 Å². The number of thioether (sulfide) groups is 1. The number of unbranched alkanes of at least 4 members (excludes halogenated alkanes) is 1. The van der Waals surface area contributed by atoms with Crippen molar-refractivity contribution in [3.8, 4) is 0 Å². The van der Waals surface area contributed by atoms with Gasteiger partial charge in [0.2, 0.25) is 0 Å². The Kier molecular flexibility index (Phi) is 7.31. The molecule has 0 radical (unpaired) electrons. The van der Waals surface area contributed by atoms with E-state index in [9.17, 15) is 9.59 Å². The molecule has 0 aliphatic carbocycles. The van der Waals surface area contributed by atoms with Crippen LogP contribution in [0.5, 0.6) is 0 Å². The van der Waals surface area contributed by atoms with Crippen molar-refractivity contribution in [1.82, 2.24) is 16.1 Å². The maximum atomic E-state index is 11.5. The predicted molar refractivity (Wildman–Crippen MR) is 86.7 cm³/mol. The summed E-state index contributed by atoms with van der Waals surface area (Å²) in [4.78, 5) is 30.3. The van der Waals surface area contributed by atoms with Crippen LogP contribution in [0.2, 0.25) is 0 Å². The van der Waals surface area contributed by atoms with Crippen molar-refractivity contribution in [3.63, 3.8) is 0 Å². The van der Waals surface area contributed by atoms with E-state index in [-0.39, 0.29) is 24.1 Å². The van der Waals surface area contributed by atoms with Crippen LogP contribution in [-0.2, 0) is 9.63 Å². The van der Waals surface area contributed by atoms with Gasteiger partial charge in [-0.15, -0.1) is 0 Å². The number of amides is 2. The van der Waals surface area contributed by atoms with Gasteiger partial charge in [-0.3, -0.25) is 4.79 Å². The molecule has 23 heavy (non-hydrogen) atoms. The molecule has 0 aromatic carbocycles. The first-order chi connectivity index (χ1) is 11.2. The molecule has 2 saturated heterocycles. The molecule has 2 amide bonds. The Balaban J connectivity index is 1.48. The zero-order valence-corrected chi connectivity index (χ0v) is 13.7. The van der Waals surface area contributed by atoms with Crippen molar-refractivity contribution < 1.29 is 14.4 Å². The lowest BCUT2D eigenvalue weighted by Gasteiger charge is -2.16. The third-order valence-electron chi connectivity index (χ3n) is 3.84. The fraction of sp³-hybridized carbons (Fsp3) is 0.846. The molecule has 10 heteroatoms. The number of carbonyl (C=O) groups is 2. The molecule has 2 rings (SSSR count). The van der Waals surface area contributed by atoms with E-state index in [1.807, 2.05) is 11.8 Å². The second-order valence-corrected chi connectivity index (χ2v) is 6.82. The summed E-state index contributed by atoms with van der Waals surface area (Å²) >= 11 is 1.88. The highest BCUT2D eigenvalue weighted by molar-refractivity contribution is 8.00. The molecule has 0 aromatic heterocycles. The Morgan fingerprint density at radius 2 is 2.30 bits per heavy atom. The number of nitrogens with zero attached hydrogens (tertiary/aromatic N) is 3. The van der Waals surface area contributed by atoms with Crippen molar-refractivity contribution in [1.29, 1.82) is 0 Å². The Morgan fingerprint density at radius 1 is 1.43 bits per heavy atom. The van der Waals surface area contributed by atoms with Crippen molar-refractivity contribution in [2.45, 2.75) is 49.4 Å². The Morgan fingerprint density at radius 3 is 3.13 bits per heavy atom. The fourth-order valence-corrected chi connectivity index (χ4v) is 4.25. The largest absolute Gasteiger partial charge is 0.371 e. The highest BCUT2D eigenvalue weighted by Gasteiger charge is 2.42. The summed E-state index contributed by atoms with van der Waals surface area (Å²) in [5.41, 5.74) is 10.7. The van der Waals surface area contributed by atoms with Crippen molar-refractivity contribution in [3.05, 3.63) is 10.4 Å². The lowest BCUT2D eigenvalue weighted by molar-refractivity contribution is -0.151.